The van der Waals surface area contributed by atoms with Crippen LogP contribution in [-0.4, -0.2) is 46.8 Å². The number of hydrogen-bond donors (Lipinski definition) is 2. The van der Waals surface area contributed by atoms with Crippen LogP contribution in [0, 0.1) is 5.92 Å². The summed E-state index contributed by atoms with van der Waals surface area (Å²) in [6.45, 7) is 3.05. The van der Waals surface area contributed by atoms with Crippen molar-refractivity contribution in [2.75, 3.05) is 45.8 Å². The molecule has 6 nitrogen and oxygen atoms in total. The number of unbranched alkanes of at least 4 members (excludes halogenated alkanes) is 2. The van der Waals surface area contributed by atoms with E-state index in [1.807, 2.05) is 25.2 Å². The number of benzene rings is 2. The molecule has 0 saturated heterocycles. The molecule has 1 saturated carbocycles. The summed E-state index contributed by atoms with van der Waals surface area (Å²) in [6, 6.07) is 14.8. The number of para-hydroxylation sites is 1. The van der Waals surface area contributed by atoms with Crippen molar-refractivity contribution in [2.45, 2.75) is 70.9 Å². The third-order valence-electron chi connectivity index (χ3n) is 7.27. The summed E-state index contributed by atoms with van der Waals surface area (Å²) in [7, 11) is 5.85. The Morgan fingerprint density at radius 3 is 2.57 bits per heavy atom. The number of carbonyl (C=O) groups is 1. The second-order valence-electron chi connectivity index (χ2n) is 10.4. The van der Waals surface area contributed by atoms with E-state index in [4.69, 9.17) is 9.47 Å². The van der Waals surface area contributed by atoms with Crippen LogP contribution >= 0.6 is 0 Å². The number of nitrogens with one attached hydrogen (secondary N) is 2. The molecule has 1 aliphatic rings. The normalized spacial score (nSPS) is 13.9. The lowest BCUT2D eigenvalue weighted by molar-refractivity contribution is -0.123. The molecule has 0 unspecified atom stereocenters. The molecule has 0 bridgehead atoms. The third kappa shape index (κ3) is 10.0. The number of nitrogens with zero attached hydrogens (tertiary/aromatic N) is 1. The largest absolute Gasteiger partial charge is 0.483 e. The maximum atomic E-state index is 12.3. The Balaban J connectivity index is 1.62. The van der Waals surface area contributed by atoms with E-state index in [1.54, 1.807) is 7.11 Å². The van der Waals surface area contributed by atoms with Gasteiger partial charge in [0.05, 0.1) is 6.61 Å². The molecule has 0 aliphatic heterocycles. The third-order valence-corrected chi connectivity index (χ3v) is 7.27. The second kappa shape index (κ2) is 16.3. The summed E-state index contributed by atoms with van der Waals surface area (Å²) in [6.07, 6.45) is 11.1. The fraction of sp³-hybridized carbons (Fsp3) is 0.581. The van der Waals surface area contributed by atoms with Gasteiger partial charge in [-0.25, -0.2) is 0 Å². The van der Waals surface area contributed by atoms with Crippen molar-refractivity contribution < 1.29 is 14.3 Å². The summed E-state index contributed by atoms with van der Waals surface area (Å²) in [5.74, 6) is 1.46. The minimum Gasteiger partial charge on any atom is -0.483 e. The zero-order valence-corrected chi connectivity index (χ0v) is 23.2. The molecule has 204 valence electrons. The molecule has 0 heterocycles. The van der Waals surface area contributed by atoms with E-state index in [0.29, 0.717) is 19.7 Å². The minimum atomic E-state index is -0.0705. The van der Waals surface area contributed by atoms with Crippen LogP contribution in [0.5, 0.6) is 5.75 Å². The summed E-state index contributed by atoms with van der Waals surface area (Å²) in [5, 5.41) is 6.12. The van der Waals surface area contributed by atoms with Crippen molar-refractivity contribution in [3.05, 3.63) is 59.2 Å². The van der Waals surface area contributed by atoms with Crippen LogP contribution in [0.25, 0.3) is 0 Å². The highest BCUT2D eigenvalue weighted by Gasteiger charge is 2.18. The Morgan fingerprint density at radius 1 is 1.00 bits per heavy atom. The van der Waals surface area contributed by atoms with Gasteiger partial charge < -0.3 is 25.0 Å². The first-order chi connectivity index (χ1) is 18.1. The molecule has 0 aromatic heterocycles. The molecule has 2 aromatic carbocycles. The van der Waals surface area contributed by atoms with Gasteiger partial charge in [0.25, 0.3) is 5.91 Å². The van der Waals surface area contributed by atoms with Crippen LogP contribution in [0.2, 0.25) is 0 Å². The van der Waals surface area contributed by atoms with Gasteiger partial charge in [-0.05, 0) is 62.0 Å². The maximum absolute atomic E-state index is 12.3. The minimum absolute atomic E-state index is 0.0352. The topological polar surface area (TPSA) is 62.8 Å². The van der Waals surface area contributed by atoms with Crippen molar-refractivity contribution in [2.24, 2.45) is 5.92 Å². The highest BCUT2D eigenvalue weighted by molar-refractivity contribution is 5.77. The number of hydrogen-bond acceptors (Lipinski definition) is 5. The van der Waals surface area contributed by atoms with Crippen LogP contribution < -0.4 is 20.3 Å². The fourth-order valence-electron chi connectivity index (χ4n) is 5.24. The summed E-state index contributed by atoms with van der Waals surface area (Å²) in [4.78, 5) is 14.6. The summed E-state index contributed by atoms with van der Waals surface area (Å²) in [5.41, 5.74) is 4.92. The van der Waals surface area contributed by atoms with Gasteiger partial charge in [0.1, 0.15) is 5.75 Å². The Hall–Kier alpha value is -2.57. The smallest absolute Gasteiger partial charge is 0.257 e. The zero-order valence-electron chi connectivity index (χ0n) is 23.2. The molecule has 37 heavy (non-hydrogen) atoms. The SMILES string of the molecule is CNCCCCCNC(=O)COc1ccccc1CN(C)c1cc(COC)ccc1CC1CCCCC1. The van der Waals surface area contributed by atoms with Crippen molar-refractivity contribution >= 4 is 11.6 Å². The first kappa shape index (κ1) is 29.0. The predicted molar refractivity (Wildman–Crippen MR) is 152 cm³/mol. The van der Waals surface area contributed by atoms with Crippen molar-refractivity contribution in [3.63, 3.8) is 0 Å². The Bertz CT molecular complexity index is 943. The van der Waals surface area contributed by atoms with Crippen molar-refractivity contribution in [1.29, 1.82) is 0 Å². The average Bonchev–Trinajstić information content (AvgIpc) is 2.91. The number of anilines is 1. The van der Waals surface area contributed by atoms with E-state index < -0.39 is 0 Å². The molecular weight excluding hydrogens is 462 g/mol. The standard InChI is InChI=1S/C31H47N3O3/c1-32-18-10-5-11-19-33-31(35)24-37-30-15-9-8-14-28(30)22-34(2)29-21-26(23-36-3)16-17-27(29)20-25-12-6-4-7-13-25/h8-9,14-17,21,25,32H,4-7,10-13,18-20,22-24H2,1-3H3,(H,33,35). The first-order valence-corrected chi connectivity index (χ1v) is 14.0. The molecule has 1 fully saturated rings. The molecule has 6 heteroatoms. The zero-order chi connectivity index (χ0) is 26.3. The molecule has 1 amide bonds. The lowest BCUT2D eigenvalue weighted by Crippen LogP contribution is -2.30. The van der Waals surface area contributed by atoms with Crippen LogP contribution in [0.15, 0.2) is 42.5 Å². The quantitative estimate of drug-likeness (QED) is 0.294. The van der Waals surface area contributed by atoms with Gasteiger partial charge >= 0.3 is 0 Å². The highest BCUT2D eigenvalue weighted by atomic mass is 16.5. The fourth-order valence-corrected chi connectivity index (χ4v) is 5.24. The molecule has 2 aromatic rings. The van der Waals surface area contributed by atoms with E-state index in [0.717, 1.165) is 49.5 Å². The molecular formula is C31H47N3O3. The number of carbonyl (C=O) groups excluding carboxylic acids is 1. The van der Waals surface area contributed by atoms with Crippen LogP contribution in [0.4, 0.5) is 5.69 Å². The second-order valence-corrected chi connectivity index (χ2v) is 10.4. The Kier molecular flexibility index (Phi) is 12.8. The molecule has 0 radical (unpaired) electrons. The van der Waals surface area contributed by atoms with Gasteiger partial charge in [-0.2, -0.15) is 0 Å². The molecule has 0 spiro atoms. The number of rotatable bonds is 16. The Morgan fingerprint density at radius 2 is 1.78 bits per heavy atom. The Labute approximate surface area is 224 Å². The van der Waals surface area contributed by atoms with Crippen LogP contribution in [0.1, 0.15) is 68.1 Å². The van der Waals surface area contributed by atoms with Gasteiger partial charge in [-0.1, -0.05) is 68.9 Å². The number of amides is 1. The molecule has 3 rings (SSSR count). The lowest BCUT2D eigenvalue weighted by Gasteiger charge is -2.27. The highest BCUT2D eigenvalue weighted by Crippen LogP contribution is 2.32. The monoisotopic (exact) mass is 509 g/mol. The van der Waals surface area contributed by atoms with E-state index >= 15 is 0 Å². The summed E-state index contributed by atoms with van der Waals surface area (Å²) < 4.78 is 11.4. The average molecular weight is 510 g/mol. The van der Waals surface area contributed by atoms with E-state index in [9.17, 15) is 4.79 Å². The first-order valence-electron chi connectivity index (χ1n) is 14.0. The number of methoxy groups -OCH3 is 1. The van der Waals surface area contributed by atoms with Gasteiger partial charge in [-0.15, -0.1) is 0 Å². The van der Waals surface area contributed by atoms with Crippen LogP contribution in [0.3, 0.4) is 0 Å². The van der Waals surface area contributed by atoms with Crippen molar-refractivity contribution in [1.82, 2.24) is 10.6 Å². The van der Waals surface area contributed by atoms with Gasteiger partial charge in [-0.3, -0.25) is 4.79 Å². The van der Waals surface area contributed by atoms with E-state index in [-0.39, 0.29) is 12.5 Å². The predicted octanol–water partition coefficient (Wildman–Crippen LogP) is 5.48. The van der Waals surface area contributed by atoms with Gasteiger partial charge in [0.2, 0.25) is 0 Å². The molecule has 1 aliphatic carbocycles. The van der Waals surface area contributed by atoms with Crippen molar-refractivity contribution in [3.8, 4) is 5.75 Å². The molecule has 2 N–H and O–H groups in total. The number of ether oxygens (including phenoxy) is 2. The van der Waals surface area contributed by atoms with E-state index in [1.165, 1.54) is 48.9 Å². The van der Waals surface area contributed by atoms with E-state index in [2.05, 4.69) is 46.8 Å². The van der Waals surface area contributed by atoms with Gasteiger partial charge in [0.15, 0.2) is 6.61 Å². The summed E-state index contributed by atoms with van der Waals surface area (Å²) >= 11 is 0. The van der Waals surface area contributed by atoms with Gasteiger partial charge in [0, 0.05) is 38.5 Å². The van der Waals surface area contributed by atoms with Crippen LogP contribution in [-0.2, 0) is 29.1 Å². The lowest BCUT2D eigenvalue weighted by atomic mass is 9.84. The molecule has 0 atom stereocenters. The maximum Gasteiger partial charge on any atom is 0.257 e.